The molecule has 0 aliphatic carbocycles. The zero-order valence-corrected chi connectivity index (χ0v) is 11.9. The van der Waals surface area contributed by atoms with E-state index < -0.39 is 15.4 Å². The molecule has 1 N–H and O–H groups in total. The van der Waals surface area contributed by atoms with E-state index in [-0.39, 0.29) is 11.5 Å². The van der Waals surface area contributed by atoms with Gasteiger partial charge in [-0.25, -0.2) is 8.42 Å². The van der Waals surface area contributed by atoms with Gasteiger partial charge in [0.2, 0.25) is 0 Å². The number of rotatable bonds is 2. The molecule has 0 saturated carbocycles. The highest BCUT2D eigenvalue weighted by Gasteiger charge is 2.37. The highest BCUT2D eigenvalue weighted by atomic mass is 32.2. The van der Waals surface area contributed by atoms with Crippen molar-refractivity contribution in [3.63, 3.8) is 0 Å². The molecule has 0 radical (unpaired) electrons. The Balaban J connectivity index is 1.87. The summed E-state index contributed by atoms with van der Waals surface area (Å²) in [6.07, 6.45) is 2.47. The molecule has 0 spiro atoms. The molecule has 1 fully saturated rings. The third-order valence-corrected chi connectivity index (χ3v) is 5.81. The first-order valence-corrected chi connectivity index (χ1v) is 8.55. The Labute approximate surface area is 114 Å². The van der Waals surface area contributed by atoms with Crippen LogP contribution in [-0.4, -0.2) is 32.1 Å². The lowest BCUT2D eigenvalue weighted by Crippen LogP contribution is -2.44. The van der Waals surface area contributed by atoms with Crippen molar-refractivity contribution in [2.24, 2.45) is 0 Å². The molecular weight excluding hydrogens is 262 g/mol. The second-order valence-electron chi connectivity index (χ2n) is 5.71. The zero-order valence-electron chi connectivity index (χ0n) is 11.1. The molecule has 2 aliphatic heterocycles. The Bertz CT molecular complexity index is 597. The molecule has 5 heteroatoms. The van der Waals surface area contributed by atoms with Crippen LogP contribution in [0.4, 0.5) is 5.69 Å². The van der Waals surface area contributed by atoms with Crippen molar-refractivity contribution >= 4 is 15.5 Å². The van der Waals surface area contributed by atoms with E-state index in [1.54, 1.807) is 0 Å². The monoisotopic (exact) mass is 281 g/mol. The van der Waals surface area contributed by atoms with Crippen molar-refractivity contribution in [1.82, 2.24) is 0 Å². The van der Waals surface area contributed by atoms with Gasteiger partial charge < -0.3 is 10.1 Å². The van der Waals surface area contributed by atoms with E-state index in [0.29, 0.717) is 6.42 Å². The lowest BCUT2D eigenvalue weighted by Gasteiger charge is -2.34. The number of benzene rings is 1. The van der Waals surface area contributed by atoms with E-state index in [9.17, 15) is 8.42 Å². The molecular formula is C14H19NO3S. The molecule has 1 aromatic carbocycles. The van der Waals surface area contributed by atoms with Crippen molar-refractivity contribution in [1.29, 1.82) is 0 Å². The molecule has 0 aromatic heterocycles. The van der Waals surface area contributed by atoms with Crippen LogP contribution in [0.1, 0.15) is 25.3 Å². The van der Waals surface area contributed by atoms with Gasteiger partial charge in [0.25, 0.3) is 0 Å². The molecule has 4 nitrogen and oxygen atoms in total. The Morgan fingerprint density at radius 1 is 1.37 bits per heavy atom. The summed E-state index contributed by atoms with van der Waals surface area (Å²) in [5.74, 6) is 1.19. The first-order valence-electron chi connectivity index (χ1n) is 6.73. The van der Waals surface area contributed by atoms with Gasteiger partial charge in [0, 0.05) is 6.54 Å². The average molecular weight is 281 g/mol. The van der Waals surface area contributed by atoms with Crippen LogP contribution in [0.15, 0.2) is 18.2 Å². The maximum Gasteiger partial charge on any atom is 0.154 e. The minimum atomic E-state index is -2.97. The molecule has 104 valence electrons. The number of hydrogen-bond donors (Lipinski definition) is 1. The normalized spacial score (nSPS) is 28.5. The van der Waals surface area contributed by atoms with Crippen LogP contribution < -0.4 is 10.1 Å². The highest BCUT2D eigenvalue weighted by molar-refractivity contribution is 7.91. The fraction of sp³-hybridized carbons (Fsp3) is 0.571. The van der Waals surface area contributed by atoms with Crippen molar-refractivity contribution in [3.05, 3.63) is 23.8 Å². The minimum Gasteiger partial charge on any atom is -0.484 e. The number of hydrogen-bond acceptors (Lipinski definition) is 4. The second-order valence-corrected chi connectivity index (χ2v) is 7.90. The summed E-state index contributed by atoms with van der Waals surface area (Å²) >= 11 is 0. The van der Waals surface area contributed by atoms with Gasteiger partial charge in [-0.2, -0.15) is 0 Å². The summed E-state index contributed by atoms with van der Waals surface area (Å²) < 4.78 is 29.7. The number of para-hydroxylation sites is 1. The van der Waals surface area contributed by atoms with Gasteiger partial charge >= 0.3 is 0 Å². The summed E-state index contributed by atoms with van der Waals surface area (Å²) in [7, 11) is -2.97. The maximum absolute atomic E-state index is 11.8. The van der Waals surface area contributed by atoms with E-state index in [4.69, 9.17) is 4.74 Å². The van der Waals surface area contributed by atoms with Crippen molar-refractivity contribution in [3.8, 4) is 5.75 Å². The first-order chi connectivity index (χ1) is 8.98. The van der Waals surface area contributed by atoms with Gasteiger partial charge in [-0.1, -0.05) is 12.1 Å². The molecule has 3 rings (SSSR count). The molecule has 1 aromatic rings. The van der Waals surface area contributed by atoms with Crippen LogP contribution in [0.2, 0.25) is 0 Å². The molecule has 0 amide bonds. The molecule has 0 bridgehead atoms. The van der Waals surface area contributed by atoms with Crippen LogP contribution in [0.5, 0.6) is 5.75 Å². The van der Waals surface area contributed by atoms with Crippen LogP contribution in [0.3, 0.4) is 0 Å². The molecule has 19 heavy (non-hydrogen) atoms. The predicted molar refractivity (Wildman–Crippen MR) is 75.6 cm³/mol. The topological polar surface area (TPSA) is 55.4 Å². The van der Waals surface area contributed by atoms with Gasteiger partial charge in [0.05, 0.1) is 17.2 Å². The van der Waals surface area contributed by atoms with Crippen LogP contribution in [0.25, 0.3) is 0 Å². The van der Waals surface area contributed by atoms with Gasteiger partial charge in [-0.15, -0.1) is 0 Å². The van der Waals surface area contributed by atoms with Crippen molar-refractivity contribution in [2.45, 2.75) is 31.8 Å². The average Bonchev–Trinajstić information content (AvgIpc) is 2.75. The summed E-state index contributed by atoms with van der Waals surface area (Å²) in [6, 6.07) is 5.98. The van der Waals surface area contributed by atoms with E-state index >= 15 is 0 Å². The standard InChI is InChI=1S/C14H19NO3S/c1-14(7-3-9-19(16,17)10-14)18-12-5-2-4-11-6-8-15-13(11)12/h2,4-5,15H,3,6-10H2,1H3. The molecule has 1 unspecified atom stereocenters. The van der Waals surface area contributed by atoms with Gasteiger partial charge in [0.15, 0.2) is 9.84 Å². The first kappa shape index (κ1) is 12.8. The molecule has 1 atom stereocenters. The van der Waals surface area contributed by atoms with E-state index in [2.05, 4.69) is 11.4 Å². The zero-order chi connectivity index (χ0) is 13.5. The SMILES string of the molecule is CC1(Oc2cccc3c2NCC3)CCCS(=O)(=O)C1. The Kier molecular flexibility index (Phi) is 2.96. The minimum absolute atomic E-state index is 0.115. The lowest BCUT2D eigenvalue weighted by atomic mass is 10.0. The van der Waals surface area contributed by atoms with E-state index in [1.165, 1.54) is 5.56 Å². The largest absolute Gasteiger partial charge is 0.484 e. The summed E-state index contributed by atoms with van der Waals surface area (Å²) in [4.78, 5) is 0. The molecule has 2 heterocycles. The van der Waals surface area contributed by atoms with Crippen molar-refractivity contribution < 1.29 is 13.2 Å². The number of nitrogens with one attached hydrogen (secondary N) is 1. The summed E-state index contributed by atoms with van der Waals surface area (Å²) in [5.41, 5.74) is 1.68. The highest BCUT2D eigenvalue weighted by Crippen LogP contribution is 2.37. The fourth-order valence-electron chi connectivity index (χ4n) is 3.01. The smallest absolute Gasteiger partial charge is 0.154 e. The quantitative estimate of drug-likeness (QED) is 0.901. The van der Waals surface area contributed by atoms with E-state index in [1.807, 2.05) is 19.1 Å². The molecule has 1 saturated heterocycles. The van der Waals surface area contributed by atoms with Gasteiger partial charge in [-0.3, -0.25) is 0 Å². The van der Waals surface area contributed by atoms with Gasteiger partial charge in [0.1, 0.15) is 11.4 Å². The van der Waals surface area contributed by atoms with Gasteiger partial charge in [-0.05, 0) is 37.8 Å². The fourth-order valence-corrected chi connectivity index (χ4v) is 4.88. The van der Waals surface area contributed by atoms with Crippen molar-refractivity contribution in [2.75, 3.05) is 23.4 Å². The van der Waals surface area contributed by atoms with Crippen LogP contribution >= 0.6 is 0 Å². The Morgan fingerprint density at radius 3 is 3.00 bits per heavy atom. The lowest BCUT2D eigenvalue weighted by molar-refractivity contribution is 0.0986. The third-order valence-electron chi connectivity index (χ3n) is 3.85. The number of ether oxygens (including phenoxy) is 1. The Morgan fingerprint density at radius 2 is 2.21 bits per heavy atom. The molecule has 2 aliphatic rings. The third kappa shape index (κ3) is 2.56. The summed E-state index contributed by atoms with van der Waals surface area (Å²) in [5, 5.41) is 3.32. The number of anilines is 1. The number of sulfone groups is 1. The summed E-state index contributed by atoms with van der Waals surface area (Å²) in [6.45, 7) is 2.82. The number of fused-ring (bicyclic) bond motifs is 1. The van der Waals surface area contributed by atoms with Crippen LogP contribution in [0, 0.1) is 0 Å². The predicted octanol–water partition coefficient (Wildman–Crippen LogP) is 2.00. The Hall–Kier alpha value is -1.23. The van der Waals surface area contributed by atoms with Crippen LogP contribution in [-0.2, 0) is 16.3 Å². The van der Waals surface area contributed by atoms with E-state index in [0.717, 1.165) is 30.8 Å². The second kappa shape index (κ2) is 4.40. The maximum atomic E-state index is 11.8.